The molecule has 0 aliphatic heterocycles. The largest absolute Gasteiger partial charge is 0.508 e. The normalized spacial score (nSPS) is 26.8. The predicted octanol–water partition coefficient (Wildman–Crippen LogP) is 4.15. The van der Waals surface area contributed by atoms with E-state index in [1.54, 1.807) is 18.2 Å². The van der Waals surface area contributed by atoms with Gasteiger partial charge in [-0.25, -0.2) is 0 Å². The highest BCUT2D eigenvalue weighted by molar-refractivity contribution is 5.57. The van der Waals surface area contributed by atoms with Crippen LogP contribution in [0.1, 0.15) is 43.7 Å². The van der Waals surface area contributed by atoms with Gasteiger partial charge < -0.3 is 15.9 Å². The van der Waals surface area contributed by atoms with Gasteiger partial charge in [0.25, 0.3) is 0 Å². The van der Waals surface area contributed by atoms with Crippen molar-refractivity contribution in [3.8, 4) is 11.5 Å². The average molecular weight is 297 g/mol. The van der Waals surface area contributed by atoms with E-state index in [0.717, 1.165) is 12.8 Å². The lowest BCUT2D eigenvalue weighted by Gasteiger charge is -2.17. The van der Waals surface area contributed by atoms with Crippen LogP contribution >= 0.6 is 0 Å². The van der Waals surface area contributed by atoms with E-state index in [4.69, 9.17) is 5.73 Å². The number of benzene rings is 2. The maximum atomic E-state index is 9.65. The first-order valence-corrected chi connectivity index (χ1v) is 7.92. The van der Waals surface area contributed by atoms with Crippen LogP contribution in [0.5, 0.6) is 11.5 Å². The second kappa shape index (κ2) is 5.24. The van der Waals surface area contributed by atoms with Crippen LogP contribution in [-0.2, 0) is 5.41 Å². The Bertz CT molecular complexity index is 680. The quantitative estimate of drug-likeness (QED) is 0.586. The first kappa shape index (κ1) is 14.8. The minimum Gasteiger partial charge on any atom is -0.508 e. The molecular formula is C19H23NO2. The molecule has 3 unspecified atom stereocenters. The fourth-order valence-corrected chi connectivity index (χ4v) is 4.27. The van der Waals surface area contributed by atoms with Crippen molar-refractivity contribution in [1.82, 2.24) is 0 Å². The molecule has 1 aliphatic rings. The fourth-order valence-electron chi connectivity index (χ4n) is 4.27. The van der Waals surface area contributed by atoms with Gasteiger partial charge in [-0.15, -0.1) is 0 Å². The number of hydrogen-bond donors (Lipinski definition) is 3. The lowest BCUT2D eigenvalue weighted by molar-refractivity contribution is 0.474. The summed E-state index contributed by atoms with van der Waals surface area (Å²) in [7, 11) is 0. The first-order chi connectivity index (χ1) is 10.5. The van der Waals surface area contributed by atoms with E-state index in [9.17, 15) is 10.2 Å². The van der Waals surface area contributed by atoms with Crippen molar-refractivity contribution in [3.63, 3.8) is 0 Å². The maximum Gasteiger partial charge on any atom is 0.138 e. The molecule has 1 fully saturated rings. The number of aromatic hydroxyl groups is 2. The van der Waals surface area contributed by atoms with E-state index in [1.807, 2.05) is 24.3 Å². The lowest BCUT2D eigenvalue weighted by Crippen LogP contribution is -2.10. The molecule has 3 heteroatoms. The summed E-state index contributed by atoms with van der Waals surface area (Å²) in [5.41, 5.74) is 8.89. The number of anilines is 1. The molecule has 1 aliphatic carbocycles. The summed E-state index contributed by atoms with van der Waals surface area (Å²) in [6.07, 6.45) is 2.14. The monoisotopic (exact) mass is 297 g/mol. The summed E-state index contributed by atoms with van der Waals surface area (Å²) in [5.74, 6) is 1.42. The van der Waals surface area contributed by atoms with Crippen LogP contribution in [0.15, 0.2) is 42.5 Å². The van der Waals surface area contributed by atoms with Crippen molar-refractivity contribution < 1.29 is 10.2 Å². The van der Waals surface area contributed by atoms with E-state index in [2.05, 4.69) is 13.8 Å². The van der Waals surface area contributed by atoms with Crippen LogP contribution < -0.4 is 5.73 Å². The molecular weight excluding hydrogens is 274 g/mol. The zero-order chi connectivity index (χ0) is 15.9. The van der Waals surface area contributed by atoms with Crippen molar-refractivity contribution in [2.45, 2.75) is 38.0 Å². The van der Waals surface area contributed by atoms with Gasteiger partial charge in [0.15, 0.2) is 0 Å². The van der Waals surface area contributed by atoms with Crippen LogP contribution in [0.3, 0.4) is 0 Å². The van der Waals surface area contributed by atoms with E-state index in [0.29, 0.717) is 23.3 Å². The second-order valence-electron chi connectivity index (χ2n) is 6.25. The second-order valence-corrected chi connectivity index (χ2v) is 6.25. The smallest absolute Gasteiger partial charge is 0.138 e. The molecule has 4 N–H and O–H groups in total. The van der Waals surface area contributed by atoms with Gasteiger partial charge in [-0.1, -0.05) is 38.5 Å². The number of phenols is 2. The summed E-state index contributed by atoms with van der Waals surface area (Å²) in [6, 6.07) is 13.2. The topological polar surface area (TPSA) is 66.5 Å². The molecule has 3 rings (SSSR count). The van der Waals surface area contributed by atoms with Crippen LogP contribution in [0.4, 0.5) is 5.69 Å². The summed E-state index contributed by atoms with van der Waals surface area (Å²) in [4.78, 5) is 0. The average Bonchev–Trinajstić information content (AvgIpc) is 3.20. The third-order valence-corrected chi connectivity index (χ3v) is 5.35. The molecule has 3 nitrogen and oxygen atoms in total. The number of rotatable bonds is 4. The highest BCUT2D eigenvalue weighted by Crippen LogP contribution is 2.69. The molecule has 2 aromatic carbocycles. The van der Waals surface area contributed by atoms with Crippen molar-refractivity contribution in [1.29, 1.82) is 0 Å². The van der Waals surface area contributed by atoms with Gasteiger partial charge in [0.1, 0.15) is 11.5 Å². The highest BCUT2D eigenvalue weighted by atomic mass is 16.3. The van der Waals surface area contributed by atoms with E-state index < -0.39 is 0 Å². The Hall–Kier alpha value is -2.16. The summed E-state index contributed by atoms with van der Waals surface area (Å²) in [5, 5.41) is 19.2. The highest BCUT2D eigenvalue weighted by Gasteiger charge is 2.63. The third-order valence-electron chi connectivity index (χ3n) is 5.35. The molecule has 0 amide bonds. The summed E-state index contributed by atoms with van der Waals surface area (Å²) in [6.45, 7) is 4.44. The van der Waals surface area contributed by atoms with E-state index in [-0.39, 0.29) is 11.2 Å². The minimum atomic E-state index is 0.103. The van der Waals surface area contributed by atoms with Gasteiger partial charge in [0, 0.05) is 5.41 Å². The Morgan fingerprint density at radius 1 is 1.05 bits per heavy atom. The molecule has 22 heavy (non-hydrogen) atoms. The van der Waals surface area contributed by atoms with Crippen LogP contribution in [0.25, 0.3) is 0 Å². The molecule has 1 saturated carbocycles. The molecule has 0 bridgehead atoms. The Kier molecular flexibility index (Phi) is 3.51. The summed E-state index contributed by atoms with van der Waals surface area (Å²) >= 11 is 0. The number of hydrogen-bond acceptors (Lipinski definition) is 3. The predicted molar refractivity (Wildman–Crippen MR) is 89.1 cm³/mol. The van der Waals surface area contributed by atoms with Crippen LogP contribution in [0, 0.1) is 5.92 Å². The standard InChI is InChI=1S/C19H23NO2/c1-3-15-18(12-5-10-17(22)16(20)11-12)19(15,4-2)13-6-8-14(21)9-7-13/h5-11,15,18,21-22H,3-4,20H2,1-2H3. The first-order valence-electron chi connectivity index (χ1n) is 7.92. The SMILES string of the molecule is CCC1C(c2ccc(O)c(N)c2)C1(CC)c1ccc(O)cc1. The lowest BCUT2D eigenvalue weighted by atomic mass is 9.87. The fraction of sp³-hybridized carbons (Fsp3) is 0.368. The third kappa shape index (κ3) is 2.04. The molecule has 0 aromatic heterocycles. The Labute approximate surface area is 131 Å². The zero-order valence-electron chi connectivity index (χ0n) is 13.1. The van der Waals surface area contributed by atoms with Crippen molar-refractivity contribution in [3.05, 3.63) is 53.6 Å². The number of nitrogen functional groups attached to an aromatic ring is 1. The Balaban J connectivity index is 2.03. The van der Waals surface area contributed by atoms with Crippen molar-refractivity contribution in [2.24, 2.45) is 5.92 Å². The van der Waals surface area contributed by atoms with E-state index >= 15 is 0 Å². The van der Waals surface area contributed by atoms with Crippen molar-refractivity contribution in [2.75, 3.05) is 5.73 Å². The molecule has 3 atom stereocenters. The number of phenolic OH excluding ortho intramolecular Hbond substituents is 2. The van der Waals surface area contributed by atoms with Gasteiger partial charge in [0.2, 0.25) is 0 Å². The summed E-state index contributed by atoms with van der Waals surface area (Å²) < 4.78 is 0. The Morgan fingerprint density at radius 2 is 1.73 bits per heavy atom. The maximum absolute atomic E-state index is 9.65. The van der Waals surface area contributed by atoms with Crippen LogP contribution in [0.2, 0.25) is 0 Å². The molecule has 116 valence electrons. The Morgan fingerprint density at radius 3 is 2.27 bits per heavy atom. The molecule has 2 aromatic rings. The van der Waals surface area contributed by atoms with Crippen LogP contribution in [-0.4, -0.2) is 10.2 Å². The molecule has 0 spiro atoms. The molecule has 0 heterocycles. The number of nitrogens with two attached hydrogens (primary N) is 1. The van der Waals surface area contributed by atoms with Gasteiger partial charge in [-0.2, -0.15) is 0 Å². The van der Waals surface area contributed by atoms with E-state index in [1.165, 1.54) is 11.1 Å². The van der Waals surface area contributed by atoms with Gasteiger partial charge in [-0.3, -0.25) is 0 Å². The molecule has 0 radical (unpaired) electrons. The van der Waals surface area contributed by atoms with Crippen molar-refractivity contribution >= 4 is 5.69 Å². The van der Waals surface area contributed by atoms with Gasteiger partial charge in [-0.05, 0) is 53.6 Å². The van der Waals surface area contributed by atoms with Gasteiger partial charge >= 0.3 is 0 Å². The molecule has 0 saturated heterocycles. The van der Waals surface area contributed by atoms with Gasteiger partial charge in [0.05, 0.1) is 5.69 Å². The minimum absolute atomic E-state index is 0.103. The zero-order valence-corrected chi connectivity index (χ0v) is 13.1.